The van der Waals surface area contributed by atoms with Crippen LogP contribution in [0.4, 0.5) is 11.5 Å². The number of anilines is 2. The second-order valence-corrected chi connectivity index (χ2v) is 7.55. The number of ether oxygens (including phenoxy) is 1. The minimum atomic E-state index is -3.61. The zero-order valence-electron chi connectivity index (χ0n) is 15.3. The van der Waals surface area contributed by atoms with Gasteiger partial charge in [-0.2, -0.15) is 0 Å². The highest BCUT2D eigenvalue weighted by molar-refractivity contribution is 7.89. The van der Waals surface area contributed by atoms with Crippen LogP contribution in [0.2, 0.25) is 0 Å². The number of aromatic nitrogens is 2. The highest BCUT2D eigenvalue weighted by atomic mass is 32.2. The third-order valence-corrected chi connectivity index (χ3v) is 5.31. The zero-order chi connectivity index (χ0) is 20.0. The Labute approximate surface area is 164 Å². The predicted octanol–water partition coefficient (Wildman–Crippen LogP) is 3.36. The van der Waals surface area contributed by atoms with Crippen LogP contribution in [0, 0.1) is 0 Å². The fraction of sp³-hybridized carbons (Fsp3) is 0.100. The average Bonchev–Trinajstić information content (AvgIpc) is 2.72. The fourth-order valence-corrected chi connectivity index (χ4v) is 3.61. The highest BCUT2D eigenvalue weighted by Crippen LogP contribution is 2.29. The molecule has 28 heavy (non-hydrogen) atoms. The van der Waals surface area contributed by atoms with E-state index in [1.165, 1.54) is 24.5 Å². The molecule has 3 aromatic rings. The van der Waals surface area contributed by atoms with Crippen molar-refractivity contribution in [2.75, 3.05) is 19.0 Å². The molecule has 3 rings (SSSR count). The van der Waals surface area contributed by atoms with E-state index in [0.717, 1.165) is 5.56 Å². The van der Waals surface area contributed by atoms with Crippen molar-refractivity contribution in [2.24, 2.45) is 0 Å². The van der Waals surface area contributed by atoms with Crippen LogP contribution in [0.1, 0.15) is 0 Å². The van der Waals surface area contributed by atoms with Gasteiger partial charge in [0.1, 0.15) is 17.9 Å². The molecule has 7 nitrogen and oxygen atoms in total. The van der Waals surface area contributed by atoms with Gasteiger partial charge in [0, 0.05) is 23.9 Å². The van der Waals surface area contributed by atoms with Gasteiger partial charge in [-0.25, -0.2) is 23.1 Å². The first-order chi connectivity index (χ1) is 13.5. The first-order valence-electron chi connectivity index (χ1n) is 8.46. The molecule has 1 aromatic heterocycles. The monoisotopic (exact) mass is 396 g/mol. The minimum Gasteiger partial charge on any atom is -0.496 e. The van der Waals surface area contributed by atoms with Gasteiger partial charge in [-0.3, -0.25) is 0 Å². The molecule has 2 aromatic carbocycles. The van der Waals surface area contributed by atoms with Crippen LogP contribution in [0.15, 0.2) is 78.5 Å². The van der Waals surface area contributed by atoms with E-state index in [4.69, 9.17) is 4.74 Å². The Morgan fingerprint density at radius 3 is 2.71 bits per heavy atom. The molecule has 0 aliphatic rings. The van der Waals surface area contributed by atoms with Gasteiger partial charge in [-0.1, -0.05) is 24.3 Å². The van der Waals surface area contributed by atoms with Crippen molar-refractivity contribution >= 4 is 21.5 Å². The van der Waals surface area contributed by atoms with Gasteiger partial charge in [0.2, 0.25) is 10.0 Å². The van der Waals surface area contributed by atoms with Crippen molar-refractivity contribution in [1.82, 2.24) is 14.7 Å². The molecule has 0 spiro atoms. The molecule has 0 saturated carbocycles. The summed E-state index contributed by atoms with van der Waals surface area (Å²) < 4.78 is 32.4. The molecule has 0 aliphatic heterocycles. The van der Waals surface area contributed by atoms with Gasteiger partial charge in [0.25, 0.3) is 0 Å². The summed E-state index contributed by atoms with van der Waals surface area (Å²) in [5.74, 6) is 1.23. The summed E-state index contributed by atoms with van der Waals surface area (Å²) in [5, 5.41) is 3.12. The Kier molecular flexibility index (Phi) is 6.03. The Bertz CT molecular complexity index is 1080. The van der Waals surface area contributed by atoms with Gasteiger partial charge in [0.05, 0.1) is 17.7 Å². The summed E-state index contributed by atoms with van der Waals surface area (Å²) in [5.41, 5.74) is 2.11. The minimum absolute atomic E-state index is 0.151. The Balaban J connectivity index is 1.87. The lowest BCUT2D eigenvalue weighted by atomic mass is 10.1. The summed E-state index contributed by atoms with van der Waals surface area (Å²) in [6.45, 7) is 3.67. The fourth-order valence-electron chi connectivity index (χ4n) is 2.57. The molecule has 0 atom stereocenters. The van der Waals surface area contributed by atoms with Crippen molar-refractivity contribution in [3.8, 4) is 17.0 Å². The Morgan fingerprint density at radius 2 is 1.93 bits per heavy atom. The topological polar surface area (TPSA) is 93.2 Å². The van der Waals surface area contributed by atoms with E-state index in [-0.39, 0.29) is 11.4 Å². The molecule has 0 radical (unpaired) electrons. The average molecular weight is 396 g/mol. The number of methoxy groups -OCH3 is 1. The predicted molar refractivity (Wildman–Crippen MR) is 109 cm³/mol. The van der Waals surface area contributed by atoms with Crippen LogP contribution in [0.25, 0.3) is 11.3 Å². The number of hydrogen-bond acceptors (Lipinski definition) is 6. The summed E-state index contributed by atoms with van der Waals surface area (Å²) >= 11 is 0. The van der Waals surface area contributed by atoms with Gasteiger partial charge < -0.3 is 10.1 Å². The number of rotatable bonds is 8. The summed E-state index contributed by atoms with van der Waals surface area (Å²) in [4.78, 5) is 8.67. The number of nitrogens with zero attached hydrogens (tertiary/aromatic N) is 2. The van der Waals surface area contributed by atoms with Crippen LogP contribution >= 0.6 is 0 Å². The molecular formula is C20H20N4O3S. The first-order valence-corrected chi connectivity index (χ1v) is 9.95. The summed E-state index contributed by atoms with van der Waals surface area (Å²) in [6, 6.07) is 15.8. The van der Waals surface area contributed by atoms with Gasteiger partial charge >= 0.3 is 0 Å². The van der Waals surface area contributed by atoms with Gasteiger partial charge in [-0.15, -0.1) is 6.58 Å². The van der Waals surface area contributed by atoms with E-state index in [1.807, 2.05) is 24.3 Å². The highest BCUT2D eigenvalue weighted by Gasteiger charge is 2.13. The van der Waals surface area contributed by atoms with Crippen molar-refractivity contribution in [3.63, 3.8) is 0 Å². The number of sulfonamides is 1. The van der Waals surface area contributed by atoms with E-state index in [2.05, 4.69) is 26.6 Å². The lowest BCUT2D eigenvalue weighted by Gasteiger charge is -2.11. The lowest BCUT2D eigenvalue weighted by molar-refractivity contribution is 0.416. The maximum Gasteiger partial charge on any atom is 0.240 e. The maximum absolute atomic E-state index is 12.3. The summed E-state index contributed by atoms with van der Waals surface area (Å²) in [7, 11) is -2.01. The van der Waals surface area contributed by atoms with Crippen LogP contribution in [-0.2, 0) is 10.0 Å². The van der Waals surface area contributed by atoms with E-state index in [0.29, 0.717) is 22.9 Å². The van der Waals surface area contributed by atoms with Crippen LogP contribution in [-0.4, -0.2) is 32.0 Å². The number of nitrogens with one attached hydrogen (secondary N) is 2. The Morgan fingerprint density at radius 1 is 1.11 bits per heavy atom. The molecule has 0 unspecified atom stereocenters. The van der Waals surface area contributed by atoms with E-state index < -0.39 is 10.0 Å². The molecular weight excluding hydrogens is 376 g/mol. The largest absolute Gasteiger partial charge is 0.496 e. The molecule has 144 valence electrons. The molecule has 0 bridgehead atoms. The third kappa shape index (κ3) is 4.54. The maximum atomic E-state index is 12.3. The second-order valence-electron chi connectivity index (χ2n) is 5.78. The van der Waals surface area contributed by atoms with Gasteiger partial charge in [-0.05, 0) is 30.3 Å². The molecule has 8 heteroatoms. The number of para-hydroxylation sites is 1. The molecule has 0 amide bonds. The number of benzene rings is 2. The first kappa shape index (κ1) is 19.5. The quantitative estimate of drug-likeness (QED) is 0.567. The van der Waals surface area contributed by atoms with Crippen molar-refractivity contribution < 1.29 is 13.2 Å². The zero-order valence-corrected chi connectivity index (χ0v) is 16.1. The third-order valence-electron chi connectivity index (χ3n) is 3.88. The smallest absolute Gasteiger partial charge is 0.240 e. The van der Waals surface area contributed by atoms with Gasteiger partial charge in [0.15, 0.2) is 0 Å². The Hall–Kier alpha value is -3.23. The SMILES string of the molecule is C=CCNS(=O)(=O)c1cccc(Nc2cc(-c3ccccc3OC)ncn2)c1. The van der Waals surface area contributed by atoms with Crippen LogP contribution in [0.3, 0.4) is 0 Å². The molecule has 0 fully saturated rings. The molecule has 1 heterocycles. The number of hydrogen-bond donors (Lipinski definition) is 2. The van der Waals surface area contributed by atoms with E-state index in [9.17, 15) is 8.42 Å². The lowest BCUT2D eigenvalue weighted by Crippen LogP contribution is -2.23. The van der Waals surface area contributed by atoms with Crippen molar-refractivity contribution in [1.29, 1.82) is 0 Å². The molecule has 2 N–H and O–H groups in total. The van der Waals surface area contributed by atoms with Crippen LogP contribution in [0.5, 0.6) is 5.75 Å². The standard InChI is InChI=1S/C20H20N4O3S/c1-3-11-23-28(25,26)16-8-6-7-15(12-16)24-20-13-18(21-14-22-20)17-9-4-5-10-19(17)27-2/h3-10,12-14,23H,1,11H2,2H3,(H,21,22,24). The van der Waals surface area contributed by atoms with Crippen molar-refractivity contribution in [2.45, 2.75) is 4.90 Å². The van der Waals surface area contributed by atoms with E-state index in [1.54, 1.807) is 25.3 Å². The molecule has 0 aliphatic carbocycles. The summed E-state index contributed by atoms with van der Waals surface area (Å²) in [6.07, 6.45) is 2.93. The second kappa shape index (κ2) is 8.64. The molecule has 0 saturated heterocycles. The van der Waals surface area contributed by atoms with Crippen LogP contribution < -0.4 is 14.8 Å². The van der Waals surface area contributed by atoms with Crippen molar-refractivity contribution in [3.05, 3.63) is 73.6 Å². The normalized spacial score (nSPS) is 11.0. The van der Waals surface area contributed by atoms with E-state index >= 15 is 0 Å².